The van der Waals surface area contributed by atoms with E-state index in [2.05, 4.69) is 4.98 Å². The molecule has 0 fully saturated rings. The first-order chi connectivity index (χ1) is 5.04. The molecule has 0 unspecified atom stereocenters. The van der Waals surface area contributed by atoms with Gasteiger partial charge in [0.25, 0.3) is 0 Å². The molecule has 0 aliphatic rings. The number of hydrogen-bond acceptors (Lipinski definition) is 3. The number of carbonyl (C=O) groups excluding carboxylic acids is 1. The van der Waals surface area contributed by atoms with E-state index >= 15 is 0 Å². The first-order valence-electron chi connectivity index (χ1n) is 2.52. The normalized spacial score (nSPS) is 11.5. The van der Waals surface area contributed by atoms with Crippen LogP contribution >= 0.6 is 11.3 Å². The Kier molecular flexibility index (Phi) is 1.95. The van der Waals surface area contributed by atoms with Crippen molar-refractivity contribution in [3.05, 3.63) is 16.1 Å². The number of nitrogens with zero attached hydrogens (tertiary/aromatic N) is 1. The van der Waals surface area contributed by atoms with Gasteiger partial charge in [-0.25, -0.2) is 4.98 Å². The van der Waals surface area contributed by atoms with Crippen LogP contribution in [0.3, 0.4) is 0 Å². The van der Waals surface area contributed by atoms with Crippen LogP contribution in [0.25, 0.3) is 0 Å². The van der Waals surface area contributed by atoms with E-state index in [0.29, 0.717) is 17.6 Å². The molecule has 1 aromatic rings. The van der Waals surface area contributed by atoms with Crippen molar-refractivity contribution in [1.82, 2.24) is 4.98 Å². The van der Waals surface area contributed by atoms with Crippen molar-refractivity contribution in [2.75, 3.05) is 0 Å². The fraction of sp³-hybridized carbons (Fsp3) is 0.200. The number of rotatable bonds is 1. The SMILES string of the molecule is O=Cc1nc(C(F)(F)F)cs1. The van der Waals surface area contributed by atoms with Gasteiger partial charge in [-0.05, 0) is 0 Å². The van der Waals surface area contributed by atoms with Gasteiger partial charge in [0.15, 0.2) is 17.0 Å². The lowest BCUT2D eigenvalue weighted by atomic mass is 10.5. The second-order valence-electron chi connectivity index (χ2n) is 1.69. The topological polar surface area (TPSA) is 30.0 Å². The van der Waals surface area contributed by atoms with Crippen LogP contribution in [0.4, 0.5) is 13.2 Å². The molecule has 0 saturated heterocycles. The van der Waals surface area contributed by atoms with E-state index < -0.39 is 11.9 Å². The van der Waals surface area contributed by atoms with Crippen LogP contribution in [0.5, 0.6) is 0 Å². The van der Waals surface area contributed by atoms with Crippen LogP contribution in [0.15, 0.2) is 5.38 Å². The zero-order chi connectivity index (χ0) is 8.48. The number of carbonyl (C=O) groups is 1. The lowest BCUT2D eigenvalue weighted by Gasteiger charge is -1.98. The molecule has 0 atom stereocenters. The molecule has 1 rings (SSSR count). The summed E-state index contributed by atoms with van der Waals surface area (Å²) in [5, 5.41) is 0.654. The van der Waals surface area contributed by atoms with E-state index in [1.807, 2.05) is 0 Å². The summed E-state index contributed by atoms with van der Waals surface area (Å²) in [7, 11) is 0. The number of aromatic nitrogens is 1. The van der Waals surface area contributed by atoms with Crippen molar-refractivity contribution in [2.45, 2.75) is 6.18 Å². The Morgan fingerprint density at radius 2 is 2.18 bits per heavy atom. The molecule has 0 bridgehead atoms. The molecule has 1 aromatic heterocycles. The minimum absolute atomic E-state index is 0.155. The standard InChI is InChI=1S/C5H2F3NOS/c6-5(7,8)3-2-11-4(1-10)9-3/h1-2H. The van der Waals surface area contributed by atoms with E-state index in [0.717, 1.165) is 5.38 Å². The molecule has 2 nitrogen and oxygen atoms in total. The van der Waals surface area contributed by atoms with E-state index in [-0.39, 0.29) is 5.01 Å². The molecular formula is C5H2F3NOS. The van der Waals surface area contributed by atoms with Crippen LogP contribution in [-0.2, 0) is 6.18 Å². The molecule has 0 saturated carbocycles. The van der Waals surface area contributed by atoms with Crippen molar-refractivity contribution in [2.24, 2.45) is 0 Å². The summed E-state index contributed by atoms with van der Waals surface area (Å²) in [4.78, 5) is 13.0. The van der Waals surface area contributed by atoms with Crippen molar-refractivity contribution in [1.29, 1.82) is 0 Å². The van der Waals surface area contributed by atoms with Crippen LogP contribution in [0, 0.1) is 0 Å². The molecule has 11 heavy (non-hydrogen) atoms. The molecule has 0 N–H and O–H groups in total. The quantitative estimate of drug-likeness (QED) is 0.620. The largest absolute Gasteiger partial charge is 0.434 e. The van der Waals surface area contributed by atoms with E-state index in [4.69, 9.17) is 0 Å². The predicted molar refractivity (Wildman–Crippen MR) is 32.5 cm³/mol. The smallest absolute Gasteiger partial charge is 0.295 e. The lowest BCUT2D eigenvalue weighted by Crippen LogP contribution is -2.05. The van der Waals surface area contributed by atoms with Gasteiger partial charge in [-0.3, -0.25) is 4.79 Å². The average molecular weight is 181 g/mol. The van der Waals surface area contributed by atoms with Gasteiger partial charge in [0.05, 0.1) is 0 Å². The molecule has 1 heterocycles. The molecule has 0 spiro atoms. The third-order valence-corrected chi connectivity index (χ3v) is 1.68. The predicted octanol–water partition coefficient (Wildman–Crippen LogP) is 1.97. The lowest BCUT2D eigenvalue weighted by molar-refractivity contribution is -0.140. The number of halogens is 3. The number of alkyl halides is 3. The summed E-state index contributed by atoms with van der Waals surface area (Å²) in [6, 6.07) is 0. The monoisotopic (exact) mass is 181 g/mol. The minimum atomic E-state index is -4.45. The van der Waals surface area contributed by atoms with E-state index in [1.165, 1.54) is 0 Å². The molecule has 6 heteroatoms. The highest BCUT2D eigenvalue weighted by Gasteiger charge is 2.33. The summed E-state index contributed by atoms with van der Waals surface area (Å²) < 4.78 is 35.3. The van der Waals surface area contributed by atoms with E-state index in [9.17, 15) is 18.0 Å². The zero-order valence-corrected chi connectivity index (χ0v) is 5.87. The highest BCUT2D eigenvalue weighted by molar-refractivity contribution is 7.11. The maximum atomic E-state index is 11.8. The highest BCUT2D eigenvalue weighted by atomic mass is 32.1. The minimum Gasteiger partial charge on any atom is -0.295 e. The molecule has 0 aliphatic carbocycles. The van der Waals surface area contributed by atoms with Gasteiger partial charge in [-0.2, -0.15) is 13.2 Å². The van der Waals surface area contributed by atoms with Crippen LogP contribution in [0.2, 0.25) is 0 Å². The van der Waals surface area contributed by atoms with Gasteiger partial charge in [-0.15, -0.1) is 11.3 Å². The molecule has 60 valence electrons. The van der Waals surface area contributed by atoms with E-state index in [1.54, 1.807) is 0 Å². The first kappa shape index (κ1) is 8.19. The van der Waals surface area contributed by atoms with Gasteiger partial charge in [0.2, 0.25) is 0 Å². The summed E-state index contributed by atoms with van der Waals surface area (Å²) in [5.74, 6) is 0. The van der Waals surface area contributed by atoms with Crippen molar-refractivity contribution in [3.8, 4) is 0 Å². The number of thiazole rings is 1. The van der Waals surface area contributed by atoms with Crippen LogP contribution in [-0.4, -0.2) is 11.3 Å². The van der Waals surface area contributed by atoms with Gasteiger partial charge in [0, 0.05) is 5.38 Å². The fourth-order valence-corrected chi connectivity index (χ4v) is 1.10. The number of aldehydes is 1. The van der Waals surface area contributed by atoms with Crippen LogP contribution in [0.1, 0.15) is 15.5 Å². The Morgan fingerprint density at radius 3 is 2.45 bits per heavy atom. The van der Waals surface area contributed by atoms with Gasteiger partial charge >= 0.3 is 6.18 Å². The fourth-order valence-electron chi connectivity index (χ4n) is 0.472. The van der Waals surface area contributed by atoms with Gasteiger partial charge in [0.1, 0.15) is 0 Å². The third-order valence-electron chi connectivity index (χ3n) is 0.913. The van der Waals surface area contributed by atoms with Gasteiger partial charge in [-0.1, -0.05) is 0 Å². The Labute approximate surface area is 63.7 Å². The second kappa shape index (κ2) is 2.61. The molecule has 0 aliphatic heterocycles. The Bertz CT molecular complexity index is 267. The molecule has 0 aromatic carbocycles. The maximum Gasteiger partial charge on any atom is 0.434 e. The average Bonchev–Trinajstić information content (AvgIpc) is 2.32. The Balaban J connectivity index is 2.98. The van der Waals surface area contributed by atoms with Gasteiger partial charge < -0.3 is 0 Å². The summed E-state index contributed by atoms with van der Waals surface area (Å²) >= 11 is 0.677. The zero-order valence-electron chi connectivity index (χ0n) is 5.05. The molecule has 0 radical (unpaired) electrons. The summed E-state index contributed by atoms with van der Waals surface area (Å²) in [5.41, 5.74) is -1.01. The third kappa shape index (κ3) is 1.76. The summed E-state index contributed by atoms with van der Waals surface area (Å²) in [6.45, 7) is 0. The maximum absolute atomic E-state index is 11.8. The summed E-state index contributed by atoms with van der Waals surface area (Å²) in [6.07, 6.45) is -4.16. The second-order valence-corrected chi connectivity index (χ2v) is 2.58. The molecular weight excluding hydrogens is 179 g/mol. The molecule has 0 amide bonds. The number of hydrogen-bond donors (Lipinski definition) is 0. The van der Waals surface area contributed by atoms with Crippen molar-refractivity contribution >= 4 is 17.6 Å². The van der Waals surface area contributed by atoms with Crippen LogP contribution < -0.4 is 0 Å². The van der Waals surface area contributed by atoms with Crippen molar-refractivity contribution in [3.63, 3.8) is 0 Å². The Morgan fingerprint density at radius 1 is 1.55 bits per heavy atom. The first-order valence-corrected chi connectivity index (χ1v) is 3.40. The Hall–Kier alpha value is -0.910. The van der Waals surface area contributed by atoms with Crippen molar-refractivity contribution < 1.29 is 18.0 Å². The highest BCUT2D eigenvalue weighted by Crippen LogP contribution is 2.29.